The SMILES string of the molecule is Cc1nn(C(=O)c2cnccn2)c(C)c1Sc1cc(Cl)cc(Cl)c1. The predicted molar refractivity (Wildman–Crippen MR) is 94.0 cm³/mol. The Morgan fingerprint density at radius 3 is 2.46 bits per heavy atom. The van der Waals surface area contributed by atoms with Gasteiger partial charge in [0, 0.05) is 27.3 Å². The smallest absolute Gasteiger partial charge is 0.265 e. The summed E-state index contributed by atoms with van der Waals surface area (Å²) in [4.78, 5) is 22.2. The van der Waals surface area contributed by atoms with E-state index in [0.717, 1.165) is 21.2 Å². The van der Waals surface area contributed by atoms with Crippen molar-refractivity contribution in [3.05, 3.63) is 63.9 Å². The van der Waals surface area contributed by atoms with E-state index in [2.05, 4.69) is 15.1 Å². The van der Waals surface area contributed by atoms with Crippen molar-refractivity contribution in [3.63, 3.8) is 0 Å². The first-order chi connectivity index (χ1) is 11.5. The summed E-state index contributed by atoms with van der Waals surface area (Å²) in [5, 5.41) is 5.46. The lowest BCUT2D eigenvalue weighted by molar-refractivity contribution is 0.0936. The van der Waals surface area contributed by atoms with E-state index in [-0.39, 0.29) is 11.6 Å². The largest absolute Gasteiger partial charge is 0.298 e. The lowest BCUT2D eigenvalue weighted by Crippen LogP contribution is -2.16. The Morgan fingerprint density at radius 1 is 1.12 bits per heavy atom. The highest BCUT2D eigenvalue weighted by Gasteiger charge is 2.20. The lowest BCUT2D eigenvalue weighted by atomic mass is 10.3. The van der Waals surface area contributed by atoms with E-state index in [1.54, 1.807) is 6.07 Å². The van der Waals surface area contributed by atoms with E-state index in [1.165, 1.54) is 35.0 Å². The van der Waals surface area contributed by atoms with Crippen LogP contribution in [0.3, 0.4) is 0 Å². The highest BCUT2D eigenvalue weighted by molar-refractivity contribution is 7.99. The van der Waals surface area contributed by atoms with Crippen molar-refractivity contribution in [2.24, 2.45) is 0 Å². The van der Waals surface area contributed by atoms with E-state index < -0.39 is 0 Å². The number of carbonyl (C=O) groups excluding carboxylic acids is 1. The molecule has 2 aromatic heterocycles. The Labute approximate surface area is 153 Å². The molecule has 0 radical (unpaired) electrons. The van der Waals surface area contributed by atoms with Gasteiger partial charge in [0.15, 0.2) is 0 Å². The number of aromatic nitrogens is 4. The van der Waals surface area contributed by atoms with Gasteiger partial charge >= 0.3 is 0 Å². The standard InChI is InChI=1S/C16H12Cl2N4OS/c1-9-15(24-13-6-11(17)5-12(18)7-13)10(2)22(21-9)16(23)14-8-19-3-4-20-14/h3-8H,1-2H3. The van der Waals surface area contributed by atoms with E-state index in [1.807, 2.05) is 26.0 Å². The molecule has 0 unspecified atom stereocenters. The number of benzene rings is 1. The summed E-state index contributed by atoms with van der Waals surface area (Å²) in [5.74, 6) is -0.320. The van der Waals surface area contributed by atoms with Crippen LogP contribution < -0.4 is 0 Å². The average molecular weight is 379 g/mol. The second kappa shape index (κ2) is 6.93. The molecule has 3 aromatic rings. The number of rotatable bonds is 3. The molecule has 0 N–H and O–H groups in total. The zero-order valence-corrected chi connectivity index (χ0v) is 15.2. The van der Waals surface area contributed by atoms with Crippen LogP contribution in [0.25, 0.3) is 0 Å². The van der Waals surface area contributed by atoms with Gasteiger partial charge in [-0.05, 0) is 32.0 Å². The van der Waals surface area contributed by atoms with Crippen LogP contribution in [0.2, 0.25) is 10.0 Å². The summed E-state index contributed by atoms with van der Waals surface area (Å²) in [6, 6.07) is 5.31. The van der Waals surface area contributed by atoms with Crippen LogP contribution >= 0.6 is 35.0 Å². The Kier molecular flexibility index (Phi) is 4.89. The Hall–Kier alpha value is -1.89. The average Bonchev–Trinajstić information content (AvgIpc) is 2.82. The minimum absolute atomic E-state index is 0.241. The van der Waals surface area contributed by atoms with Crippen LogP contribution in [-0.4, -0.2) is 25.7 Å². The summed E-state index contributed by atoms with van der Waals surface area (Å²) in [5.41, 5.74) is 1.71. The fourth-order valence-electron chi connectivity index (χ4n) is 2.20. The molecule has 0 aliphatic carbocycles. The van der Waals surface area contributed by atoms with Gasteiger partial charge < -0.3 is 0 Å². The molecule has 8 heteroatoms. The molecule has 0 aliphatic heterocycles. The monoisotopic (exact) mass is 378 g/mol. The first-order valence-corrected chi connectivity index (χ1v) is 8.54. The zero-order chi connectivity index (χ0) is 17.3. The molecule has 0 spiro atoms. The van der Waals surface area contributed by atoms with Crippen molar-refractivity contribution < 1.29 is 4.79 Å². The first kappa shape index (κ1) is 17.0. The Bertz CT molecular complexity index is 892. The third kappa shape index (κ3) is 3.45. The zero-order valence-electron chi connectivity index (χ0n) is 12.8. The van der Waals surface area contributed by atoms with E-state index >= 15 is 0 Å². The van der Waals surface area contributed by atoms with Gasteiger partial charge in [-0.2, -0.15) is 9.78 Å². The third-order valence-corrected chi connectivity index (χ3v) is 4.96. The number of carbonyl (C=O) groups is 1. The van der Waals surface area contributed by atoms with Crippen molar-refractivity contribution >= 4 is 40.9 Å². The molecule has 0 amide bonds. The predicted octanol–water partition coefficient (Wildman–Crippen LogP) is 4.44. The summed E-state index contributed by atoms with van der Waals surface area (Å²) in [7, 11) is 0. The summed E-state index contributed by atoms with van der Waals surface area (Å²) in [6.45, 7) is 3.69. The van der Waals surface area contributed by atoms with Gasteiger partial charge in [0.25, 0.3) is 5.91 Å². The minimum Gasteiger partial charge on any atom is -0.265 e. The number of aryl methyl sites for hydroxylation is 1. The third-order valence-electron chi connectivity index (χ3n) is 3.26. The van der Waals surface area contributed by atoms with Gasteiger partial charge in [0.1, 0.15) is 5.69 Å². The van der Waals surface area contributed by atoms with Crippen LogP contribution in [0.4, 0.5) is 0 Å². The number of hydrogen-bond acceptors (Lipinski definition) is 5. The molecule has 1 aromatic carbocycles. The molecule has 0 saturated heterocycles. The maximum Gasteiger partial charge on any atom is 0.298 e. The molecule has 5 nitrogen and oxygen atoms in total. The van der Waals surface area contributed by atoms with E-state index in [4.69, 9.17) is 23.2 Å². The van der Waals surface area contributed by atoms with Crippen LogP contribution in [-0.2, 0) is 0 Å². The Balaban J connectivity index is 1.96. The van der Waals surface area contributed by atoms with Crippen LogP contribution in [0, 0.1) is 13.8 Å². The highest BCUT2D eigenvalue weighted by Crippen LogP contribution is 2.35. The molecular formula is C16H12Cl2N4OS. The van der Waals surface area contributed by atoms with Crippen molar-refractivity contribution in [2.75, 3.05) is 0 Å². The van der Waals surface area contributed by atoms with E-state index in [0.29, 0.717) is 10.0 Å². The Morgan fingerprint density at radius 2 is 1.83 bits per heavy atom. The highest BCUT2D eigenvalue weighted by atomic mass is 35.5. The van der Waals surface area contributed by atoms with Crippen LogP contribution in [0.5, 0.6) is 0 Å². The van der Waals surface area contributed by atoms with Gasteiger partial charge in [-0.1, -0.05) is 35.0 Å². The first-order valence-electron chi connectivity index (χ1n) is 6.96. The molecule has 24 heavy (non-hydrogen) atoms. The quantitative estimate of drug-likeness (QED) is 0.674. The molecule has 2 heterocycles. The number of hydrogen-bond donors (Lipinski definition) is 0. The molecular weight excluding hydrogens is 367 g/mol. The maximum absolute atomic E-state index is 12.5. The fraction of sp³-hybridized carbons (Fsp3) is 0.125. The summed E-state index contributed by atoms with van der Waals surface area (Å²) < 4.78 is 1.34. The topological polar surface area (TPSA) is 60.7 Å². The molecule has 0 atom stereocenters. The molecule has 0 saturated carbocycles. The molecule has 3 rings (SSSR count). The van der Waals surface area contributed by atoms with Gasteiger partial charge in [-0.3, -0.25) is 9.78 Å². The lowest BCUT2D eigenvalue weighted by Gasteiger charge is -2.05. The normalized spacial score (nSPS) is 10.8. The number of halogens is 2. The van der Waals surface area contributed by atoms with Crippen molar-refractivity contribution in [3.8, 4) is 0 Å². The van der Waals surface area contributed by atoms with Crippen molar-refractivity contribution in [2.45, 2.75) is 23.6 Å². The van der Waals surface area contributed by atoms with Gasteiger partial charge in [0.2, 0.25) is 0 Å². The fourth-order valence-corrected chi connectivity index (χ4v) is 3.88. The molecule has 0 aliphatic rings. The molecule has 0 bridgehead atoms. The summed E-state index contributed by atoms with van der Waals surface area (Å²) in [6.07, 6.45) is 4.41. The van der Waals surface area contributed by atoms with Crippen LogP contribution in [0.15, 0.2) is 46.6 Å². The second-order valence-corrected chi connectivity index (χ2v) is 6.97. The molecule has 122 valence electrons. The van der Waals surface area contributed by atoms with Gasteiger partial charge in [-0.25, -0.2) is 4.98 Å². The van der Waals surface area contributed by atoms with E-state index in [9.17, 15) is 4.79 Å². The maximum atomic E-state index is 12.5. The van der Waals surface area contributed by atoms with Crippen molar-refractivity contribution in [1.82, 2.24) is 19.7 Å². The number of nitrogens with zero attached hydrogens (tertiary/aromatic N) is 4. The summed E-state index contributed by atoms with van der Waals surface area (Å²) >= 11 is 13.5. The molecule has 0 fully saturated rings. The van der Waals surface area contributed by atoms with Gasteiger partial charge in [0.05, 0.1) is 22.5 Å². The second-order valence-electron chi connectivity index (χ2n) is 5.01. The van der Waals surface area contributed by atoms with Crippen molar-refractivity contribution in [1.29, 1.82) is 0 Å². The van der Waals surface area contributed by atoms with Gasteiger partial charge in [-0.15, -0.1) is 0 Å². The minimum atomic E-state index is -0.320. The van der Waals surface area contributed by atoms with Crippen LogP contribution in [0.1, 0.15) is 21.9 Å².